The Morgan fingerprint density at radius 2 is 1.74 bits per heavy atom. The number of nitrogens with zero attached hydrogens (tertiary/aromatic N) is 2. The number of benzene rings is 2. The Morgan fingerprint density at radius 1 is 1.03 bits per heavy atom. The van der Waals surface area contributed by atoms with Crippen LogP contribution in [0.2, 0.25) is 0 Å². The minimum Gasteiger partial charge on any atom is -0.337 e. The van der Waals surface area contributed by atoms with Crippen molar-refractivity contribution in [3.05, 3.63) is 99.1 Å². The van der Waals surface area contributed by atoms with Gasteiger partial charge < -0.3 is 4.90 Å². The number of carbonyl (C=O) groups is 1. The van der Waals surface area contributed by atoms with Gasteiger partial charge in [-0.3, -0.25) is 4.79 Å². The third-order valence-corrected chi connectivity index (χ3v) is 7.75. The van der Waals surface area contributed by atoms with E-state index in [-0.39, 0.29) is 19.0 Å². The summed E-state index contributed by atoms with van der Waals surface area (Å²) < 4.78 is 27.6. The molecular weight excluding hydrogens is 428 g/mol. The Kier molecular flexibility index (Phi) is 6.65. The third kappa shape index (κ3) is 5.50. The van der Waals surface area contributed by atoms with Crippen LogP contribution in [0.15, 0.2) is 77.5 Å². The first kappa shape index (κ1) is 21.5. The number of hydrogen-bond acceptors (Lipinski definition) is 4. The number of thiophene rings is 1. The van der Waals surface area contributed by atoms with Crippen molar-refractivity contribution in [2.24, 2.45) is 0 Å². The van der Waals surface area contributed by atoms with Crippen molar-refractivity contribution in [1.82, 2.24) is 9.21 Å². The van der Waals surface area contributed by atoms with Crippen molar-refractivity contribution in [3.8, 4) is 0 Å². The minimum atomic E-state index is -3.79. The molecule has 0 atom stereocenters. The summed E-state index contributed by atoms with van der Waals surface area (Å²) in [6.07, 6.45) is 2.38. The summed E-state index contributed by atoms with van der Waals surface area (Å²) >= 11 is 1.71. The fourth-order valence-electron chi connectivity index (χ4n) is 3.55. The SMILES string of the molecule is O=C(CN(Cc1ccccc1)S(=O)(=O)/C=C/c1ccccc1)N1CCc2sccc2C1. The Labute approximate surface area is 187 Å². The standard InChI is InChI=1S/C24H24N2O3S2/c27-24(25-14-11-23-22(18-25)12-15-30-23)19-26(17-21-9-5-2-6-10-21)31(28,29)16-13-20-7-3-1-4-8-20/h1-10,12-13,15-16H,11,14,17-19H2/b16-13+. The second-order valence-electron chi connectivity index (χ2n) is 7.45. The van der Waals surface area contributed by atoms with E-state index >= 15 is 0 Å². The molecule has 31 heavy (non-hydrogen) atoms. The second kappa shape index (κ2) is 9.60. The molecule has 0 fully saturated rings. The number of amides is 1. The van der Waals surface area contributed by atoms with E-state index in [2.05, 4.69) is 0 Å². The van der Waals surface area contributed by atoms with Crippen molar-refractivity contribution < 1.29 is 13.2 Å². The summed E-state index contributed by atoms with van der Waals surface area (Å²) in [6.45, 7) is 1.11. The van der Waals surface area contributed by atoms with Crippen LogP contribution < -0.4 is 0 Å². The van der Waals surface area contributed by atoms with E-state index in [1.165, 1.54) is 14.6 Å². The van der Waals surface area contributed by atoms with Crippen molar-refractivity contribution in [2.75, 3.05) is 13.1 Å². The lowest BCUT2D eigenvalue weighted by atomic mass is 10.1. The van der Waals surface area contributed by atoms with Gasteiger partial charge in [-0.15, -0.1) is 11.3 Å². The molecule has 7 heteroatoms. The molecule has 1 aromatic heterocycles. The highest BCUT2D eigenvalue weighted by Gasteiger charge is 2.27. The highest BCUT2D eigenvalue weighted by molar-refractivity contribution is 7.92. The first-order valence-electron chi connectivity index (χ1n) is 10.1. The monoisotopic (exact) mass is 452 g/mol. The first-order chi connectivity index (χ1) is 15.0. The van der Waals surface area contributed by atoms with Crippen LogP contribution in [0.1, 0.15) is 21.6 Å². The molecule has 0 N–H and O–H groups in total. The van der Waals surface area contributed by atoms with Gasteiger partial charge in [0.2, 0.25) is 15.9 Å². The molecule has 3 aromatic rings. The molecule has 0 radical (unpaired) electrons. The Bertz CT molecular complexity index is 1160. The fourth-order valence-corrected chi connectivity index (χ4v) is 5.56. The predicted molar refractivity (Wildman–Crippen MR) is 125 cm³/mol. The number of rotatable bonds is 7. The smallest absolute Gasteiger partial charge is 0.238 e. The Balaban J connectivity index is 1.54. The number of sulfonamides is 1. The van der Waals surface area contributed by atoms with Gasteiger partial charge in [0.1, 0.15) is 0 Å². The molecule has 1 aliphatic heterocycles. The predicted octanol–water partition coefficient (Wildman–Crippen LogP) is 4.14. The van der Waals surface area contributed by atoms with Crippen molar-refractivity contribution in [2.45, 2.75) is 19.5 Å². The lowest BCUT2D eigenvalue weighted by Gasteiger charge is -2.29. The molecule has 160 valence electrons. The highest BCUT2D eigenvalue weighted by atomic mass is 32.2. The summed E-state index contributed by atoms with van der Waals surface area (Å²) in [6, 6.07) is 20.7. The van der Waals surface area contributed by atoms with Crippen LogP contribution in [0.4, 0.5) is 0 Å². The zero-order valence-corrected chi connectivity index (χ0v) is 18.7. The maximum absolute atomic E-state index is 13.2. The quantitative estimate of drug-likeness (QED) is 0.542. The molecule has 5 nitrogen and oxygen atoms in total. The van der Waals surface area contributed by atoms with Crippen molar-refractivity contribution >= 4 is 33.3 Å². The van der Waals surface area contributed by atoms with Crippen molar-refractivity contribution in [3.63, 3.8) is 0 Å². The molecule has 0 saturated heterocycles. The van der Waals surface area contributed by atoms with Crippen LogP contribution in [-0.4, -0.2) is 36.6 Å². The lowest BCUT2D eigenvalue weighted by Crippen LogP contribution is -2.43. The van der Waals surface area contributed by atoms with Gasteiger partial charge in [0.15, 0.2) is 0 Å². The average molecular weight is 453 g/mol. The summed E-state index contributed by atoms with van der Waals surface area (Å²) in [5.41, 5.74) is 2.79. The van der Waals surface area contributed by atoms with E-state index in [0.29, 0.717) is 13.1 Å². The van der Waals surface area contributed by atoms with Gasteiger partial charge >= 0.3 is 0 Å². The van der Waals surface area contributed by atoms with E-state index in [0.717, 1.165) is 23.1 Å². The van der Waals surface area contributed by atoms with Crippen LogP contribution in [0.5, 0.6) is 0 Å². The molecule has 0 spiro atoms. The van der Waals surface area contributed by atoms with Gasteiger partial charge in [-0.05, 0) is 40.6 Å². The van der Waals surface area contributed by atoms with Crippen LogP contribution in [0.25, 0.3) is 6.08 Å². The third-order valence-electron chi connectivity index (χ3n) is 5.27. The molecule has 1 amide bonds. The Hall–Kier alpha value is -2.74. The van der Waals surface area contributed by atoms with E-state index in [1.807, 2.05) is 72.1 Å². The minimum absolute atomic E-state index is 0.144. The highest BCUT2D eigenvalue weighted by Crippen LogP contribution is 2.24. The molecule has 2 aromatic carbocycles. The second-order valence-corrected chi connectivity index (χ2v) is 10.3. The van der Waals surface area contributed by atoms with Gasteiger partial charge in [0, 0.05) is 29.9 Å². The summed E-state index contributed by atoms with van der Waals surface area (Å²) in [5, 5.41) is 3.23. The zero-order chi connectivity index (χ0) is 21.7. The molecule has 0 bridgehead atoms. The van der Waals surface area contributed by atoms with Gasteiger partial charge in [-0.1, -0.05) is 60.7 Å². The van der Waals surface area contributed by atoms with Crippen LogP contribution in [0.3, 0.4) is 0 Å². The number of carbonyl (C=O) groups excluding carboxylic acids is 1. The van der Waals surface area contributed by atoms with Gasteiger partial charge in [0.25, 0.3) is 0 Å². The zero-order valence-electron chi connectivity index (χ0n) is 17.1. The Morgan fingerprint density at radius 3 is 2.48 bits per heavy atom. The maximum Gasteiger partial charge on any atom is 0.238 e. The molecule has 0 unspecified atom stereocenters. The first-order valence-corrected chi connectivity index (χ1v) is 12.5. The summed E-state index contributed by atoms with van der Waals surface area (Å²) in [7, 11) is -3.79. The molecule has 1 aliphatic rings. The lowest BCUT2D eigenvalue weighted by molar-refractivity contribution is -0.132. The van der Waals surface area contributed by atoms with Gasteiger partial charge in [-0.25, -0.2) is 8.42 Å². The summed E-state index contributed by atoms with van der Waals surface area (Å²) in [5.74, 6) is -0.176. The van der Waals surface area contributed by atoms with E-state index in [4.69, 9.17) is 0 Å². The normalized spacial score (nSPS) is 14.2. The molecule has 4 rings (SSSR count). The average Bonchev–Trinajstić information content (AvgIpc) is 3.27. The molecule has 0 saturated carbocycles. The number of fused-ring (bicyclic) bond motifs is 1. The van der Waals surface area contributed by atoms with Crippen LogP contribution in [-0.2, 0) is 34.3 Å². The molecule has 2 heterocycles. The van der Waals surface area contributed by atoms with Crippen molar-refractivity contribution in [1.29, 1.82) is 0 Å². The van der Waals surface area contributed by atoms with Crippen LogP contribution in [0, 0.1) is 0 Å². The number of hydrogen-bond donors (Lipinski definition) is 0. The molecule has 0 aliphatic carbocycles. The van der Waals surface area contributed by atoms with Gasteiger partial charge in [-0.2, -0.15) is 4.31 Å². The van der Waals surface area contributed by atoms with Gasteiger partial charge in [0.05, 0.1) is 6.54 Å². The van der Waals surface area contributed by atoms with Crippen LogP contribution >= 0.6 is 11.3 Å². The van der Waals surface area contributed by atoms with E-state index in [9.17, 15) is 13.2 Å². The fraction of sp³-hybridized carbons (Fsp3) is 0.208. The van der Waals surface area contributed by atoms with E-state index < -0.39 is 10.0 Å². The maximum atomic E-state index is 13.2. The summed E-state index contributed by atoms with van der Waals surface area (Å²) in [4.78, 5) is 16.1. The van der Waals surface area contributed by atoms with E-state index in [1.54, 1.807) is 22.3 Å². The molecular formula is C24H24N2O3S2. The largest absolute Gasteiger partial charge is 0.337 e. The topological polar surface area (TPSA) is 57.7 Å².